The summed E-state index contributed by atoms with van der Waals surface area (Å²) in [6.07, 6.45) is 1.62. The van der Waals surface area contributed by atoms with E-state index in [1.165, 1.54) is 17.0 Å². The van der Waals surface area contributed by atoms with E-state index in [4.69, 9.17) is 4.42 Å². The number of H-pyrrole nitrogens is 1. The summed E-state index contributed by atoms with van der Waals surface area (Å²) < 4.78 is 6.83. The van der Waals surface area contributed by atoms with Gasteiger partial charge in [0, 0.05) is 30.8 Å². The smallest absolute Gasteiger partial charge is 0.252 e. The zero-order chi connectivity index (χ0) is 24.5. The van der Waals surface area contributed by atoms with Crippen LogP contribution in [0.25, 0.3) is 17.4 Å². The van der Waals surface area contributed by atoms with Crippen LogP contribution in [0.1, 0.15) is 31.9 Å². The molecule has 0 bridgehead atoms. The van der Waals surface area contributed by atoms with Gasteiger partial charge in [-0.15, -0.1) is 0 Å². The normalized spacial score (nSPS) is 15.7. The fourth-order valence-corrected chi connectivity index (χ4v) is 4.00. The van der Waals surface area contributed by atoms with Crippen molar-refractivity contribution in [1.82, 2.24) is 19.7 Å². The third-order valence-corrected chi connectivity index (χ3v) is 5.84. The molecule has 1 saturated heterocycles. The highest BCUT2D eigenvalue weighted by atomic mass is 16.3. The van der Waals surface area contributed by atoms with Crippen molar-refractivity contribution in [2.75, 3.05) is 16.8 Å². The molecular formula is C25H24N6O4. The summed E-state index contributed by atoms with van der Waals surface area (Å²) in [5.41, 5.74) is 1.48. The van der Waals surface area contributed by atoms with Crippen molar-refractivity contribution in [2.24, 2.45) is 5.92 Å². The van der Waals surface area contributed by atoms with Crippen LogP contribution in [-0.2, 0) is 9.59 Å². The summed E-state index contributed by atoms with van der Waals surface area (Å²) in [7, 11) is 0. The number of amides is 2. The minimum atomic E-state index is -0.549. The number of hydrogen-bond donors (Lipinski definition) is 2. The second-order valence-electron chi connectivity index (χ2n) is 8.68. The first-order valence-corrected chi connectivity index (χ1v) is 11.3. The largest absolute Gasteiger partial charge is 0.463 e. The maximum absolute atomic E-state index is 13.2. The second kappa shape index (κ2) is 9.05. The van der Waals surface area contributed by atoms with E-state index in [-0.39, 0.29) is 42.2 Å². The highest BCUT2D eigenvalue weighted by Crippen LogP contribution is 2.28. The van der Waals surface area contributed by atoms with E-state index in [2.05, 4.69) is 20.4 Å². The van der Waals surface area contributed by atoms with Gasteiger partial charge in [-0.05, 0) is 30.2 Å². The van der Waals surface area contributed by atoms with Gasteiger partial charge in [0.25, 0.3) is 5.56 Å². The molecule has 0 radical (unpaired) electrons. The first-order chi connectivity index (χ1) is 16.9. The average Bonchev–Trinajstić information content (AvgIpc) is 3.59. The van der Waals surface area contributed by atoms with Crippen LogP contribution >= 0.6 is 0 Å². The fourth-order valence-electron chi connectivity index (χ4n) is 4.00. The SMILES string of the molecule is CC(C)c1cc(=O)[nH]c(-n2nc(-c3ccco3)cc2NC(=O)C2CC(=O)N(c3ccccc3)C2)n1. The van der Waals surface area contributed by atoms with Gasteiger partial charge in [0.2, 0.25) is 17.8 Å². The quantitative estimate of drug-likeness (QED) is 0.443. The lowest BCUT2D eigenvalue weighted by molar-refractivity contribution is -0.122. The number of nitrogens with one attached hydrogen (secondary N) is 2. The Labute approximate surface area is 200 Å². The molecule has 178 valence electrons. The molecule has 1 aliphatic heterocycles. The Morgan fingerprint density at radius 2 is 1.94 bits per heavy atom. The monoisotopic (exact) mass is 472 g/mol. The van der Waals surface area contributed by atoms with Crippen LogP contribution in [0.3, 0.4) is 0 Å². The van der Waals surface area contributed by atoms with Crippen LogP contribution in [-0.4, -0.2) is 38.1 Å². The number of rotatable bonds is 6. The van der Waals surface area contributed by atoms with Crippen molar-refractivity contribution >= 4 is 23.3 Å². The summed E-state index contributed by atoms with van der Waals surface area (Å²) in [4.78, 5) is 46.9. The zero-order valence-corrected chi connectivity index (χ0v) is 19.3. The third kappa shape index (κ3) is 4.50. The molecule has 0 spiro atoms. The lowest BCUT2D eigenvalue weighted by Crippen LogP contribution is -2.28. The molecule has 2 amide bonds. The Morgan fingerprint density at radius 1 is 1.14 bits per heavy atom. The highest BCUT2D eigenvalue weighted by molar-refractivity contribution is 6.03. The molecule has 1 unspecified atom stereocenters. The van der Waals surface area contributed by atoms with Crippen LogP contribution in [0.2, 0.25) is 0 Å². The summed E-state index contributed by atoms with van der Waals surface area (Å²) >= 11 is 0. The Balaban J connectivity index is 1.46. The molecule has 1 aliphatic rings. The van der Waals surface area contributed by atoms with Crippen LogP contribution in [0.5, 0.6) is 0 Å². The topological polar surface area (TPSA) is 126 Å². The van der Waals surface area contributed by atoms with Crippen molar-refractivity contribution in [3.63, 3.8) is 0 Å². The number of benzene rings is 1. The van der Waals surface area contributed by atoms with E-state index in [0.29, 0.717) is 23.0 Å². The molecule has 4 aromatic rings. The zero-order valence-electron chi connectivity index (χ0n) is 19.3. The molecule has 0 aliphatic carbocycles. The number of para-hydroxylation sites is 1. The lowest BCUT2D eigenvalue weighted by atomic mass is 10.1. The predicted molar refractivity (Wildman–Crippen MR) is 129 cm³/mol. The van der Waals surface area contributed by atoms with Crippen LogP contribution in [0.4, 0.5) is 11.5 Å². The van der Waals surface area contributed by atoms with Gasteiger partial charge in [-0.25, -0.2) is 4.98 Å². The van der Waals surface area contributed by atoms with Gasteiger partial charge < -0.3 is 14.6 Å². The van der Waals surface area contributed by atoms with Crippen LogP contribution in [0.15, 0.2) is 70.1 Å². The average molecular weight is 473 g/mol. The number of nitrogens with zero attached hydrogens (tertiary/aromatic N) is 4. The molecule has 5 rings (SSSR count). The first kappa shape index (κ1) is 22.3. The molecule has 1 fully saturated rings. The maximum Gasteiger partial charge on any atom is 0.252 e. The van der Waals surface area contributed by atoms with Crippen LogP contribution < -0.4 is 15.8 Å². The molecule has 10 nitrogen and oxygen atoms in total. The molecule has 4 heterocycles. The first-order valence-electron chi connectivity index (χ1n) is 11.3. The summed E-state index contributed by atoms with van der Waals surface area (Å²) in [6.45, 7) is 4.13. The number of anilines is 2. The summed E-state index contributed by atoms with van der Waals surface area (Å²) in [5.74, 6) is -0.00969. The van der Waals surface area contributed by atoms with Gasteiger partial charge in [0.1, 0.15) is 11.5 Å². The van der Waals surface area contributed by atoms with Gasteiger partial charge >= 0.3 is 0 Å². The van der Waals surface area contributed by atoms with Gasteiger partial charge in [-0.2, -0.15) is 9.78 Å². The lowest BCUT2D eigenvalue weighted by Gasteiger charge is -2.16. The van der Waals surface area contributed by atoms with Crippen molar-refractivity contribution in [1.29, 1.82) is 0 Å². The van der Waals surface area contributed by atoms with E-state index in [1.807, 2.05) is 44.2 Å². The van der Waals surface area contributed by atoms with Gasteiger partial charge in [0.15, 0.2) is 5.76 Å². The van der Waals surface area contributed by atoms with Crippen molar-refractivity contribution in [3.05, 3.63) is 76.9 Å². The predicted octanol–water partition coefficient (Wildman–Crippen LogP) is 3.33. The minimum Gasteiger partial charge on any atom is -0.463 e. The summed E-state index contributed by atoms with van der Waals surface area (Å²) in [6, 6.07) is 15.8. The number of aromatic amines is 1. The Bertz CT molecular complexity index is 1420. The number of carbonyl (C=O) groups is 2. The van der Waals surface area contributed by atoms with Gasteiger partial charge in [-0.3, -0.25) is 19.4 Å². The van der Waals surface area contributed by atoms with Crippen molar-refractivity contribution in [3.8, 4) is 17.4 Å². The third-order valence-electron chi connectivity index (χ3n) is 5.84. The van der Waals surface area contributed by atoms with E-state index < -0.39 is 5.92 Å². The number of aromatic nitrogens is 4. The number of furan rings is 1. The standard InChI is InChI=1S/C25H24N6O4/c1-15(2)18-13-22(32)28-25(26-18)31-21(12-19(29-31)20-9-6-10-35-20)27-24(34)16-11-23(33)30(14-16)17-7-4-3-5-8-17/h3-10,12-13,15-16H,11,14H2,1-2H3,(H,27,34)(H,26,28,32). The Hall–Kier alpha value is -4.47. The minimum absolute atomic E-state index is 0.0164. The van der Waals surface area contributed by atoms with E-state index in [0.717, 1.165) is 5.69 Å². The molecule has 1 aromatic carbocycles. The van der Waals surface area contributed by atoms with E-state index >= 15 is 0 Å². The number of carbonyl (C=O) groups excluding carboxylic acids is 2. The molecule has 35 heavy (non-hydrogen) atoms. The molecule has 10 heteroatoms. The Kier molecular flexibility index (Phi) is 5.77. The molecule has 1 atom stereocenters. The van der Waals surface area contributed by atoms with Crippen molar-refractivity contribution in [2.45, 2.75) is 26.2 Å². The molecule has 2 N–H and O–H groups in total. The molecular weight excluding hydrogens is 448 g/mol. The molecule has 3 aromatic heterocycles. The van der Waals surface area contributed by atoms with E-state index in [1.54, 1.807) is 23.1 Å². The van der Waals surface area contributed by atoms with Gasteiger partial charge in [0.05, 0.1) is 17.9 Å². The Morgan fingerprint density at radius 3 is 2.66 bits per heavy atom. The summed E-state index contributed by atoms with van der Waals surface area (Å²) in [5, 5.41) is 7.39. The maximum atomic E-state index is 13.2. The van der Waals surface area contributed by atoms with Crippen LogP contribution in [0, 0.1) is 5.92 Å². The van der Waals surface area contributed by atoms with Gasteiger partial charge in [-0.1, -0.05) is 32.0 Å². The van der Waals surface area contributed by atoms with Crippen molar-refractivity contribution < 1.29 is 14.0 Å². The number of hydrogen-bond acceptors (Lipinski definition) is 6. The van der Waals surface area contributed by atoms with E-state index in [9.17, 15) is 14.4 Å². The molecule has 0 saturated carbocycles. The second-order valence-corrected chi connectivity index (χ2v) is 8.68. The highest BCUT2D eigenvalue weighted by Gasteiger charge is 2.35. The fraction of sp³-hybridized carbons (Fsp3) is 0.240.